The number of aliphatic carboxylic acids is 1. The maximum absolute atomic E-state index is 13.1. The lowest BCUT2D eigenvalue weighted by atomic mass is 10.1. The van der Waals surface area contributed by atoms with Crippen molar-refractivity contribution in [2.24, 2.45) is 0 Å². The van der Waals surface area contributed by atoms with Gasteiger partial charge in [0.15, 0.2) is 0 Å². The minimum absolute atomic E-state index is 0.0306. The van der Waals surface area contributed by atoms with Crippen molar-refractivity contribution in [3.05, 3.63) is 111 Å². The molecule has 0 bridgehead atoms. The number of nitrogens with one attached hydrogen (secondary N) is 2. The lowest BCUT2D eigenvalue weighted by Gasteiger charge is -2.17. The highest BCUT2D eigenvalue weighted by molar-refractivity contribution is 7.98. The van der Waals surface area contributed by atoms with Gasteiger partial charge in [0.1, 0.15) is 11.7 Å². The molecule has 0 aliphatic carbocycles. The summed E-state index contributed by atoms with van der Waals surface area (Å²) in [6.45, 7) is 0. The monoisotopic (exact) mass is 596 g/mol. The van der Waals surface area contributed by atoms with Crippen LogP contribution in [-0.4, -0.2) is 34.7 Å². The molecule has 3 aromatic carbocycles. The number of thioether (sulfide) groups is 1. The number of carboxylic acid groups (broad SMARTS) is 1. The molecule has 0 aliphatic heterocycles. The highest BCUT2D eigenvalue weighted by atomic mass is 35.5. The number of amides is 2. The first-order valence-electron chi connectivity index (χ1n) is 11.2. The Kier molecular flexibility index (Phi) is 10.4. The summed E-state index contributed by atoms with van der Waals surface area (Å²) < 4.78 is 38.6. The van der Waals surface area contributed by atoms with Crippen LogP contribution >= 0.6 is 35.0 Å². The van der Waals surface area contributed by atoms with Gasteiger partial charge < -0.3 is 15.7 Å². The first-order valence-corrected chi connectivity index (χ1v) is 13.2. The number of carbonyl (C=O) groups is 3. The Hall–Kier alpha value is -3.47. The van der Waals surface area contributed by atoms with Crippen molar-refractivity contribution in [2.75, 3.05) is 5.75 Å². The van der Waals surface area contributed by atoms with Gasteiger partial charge in [0, 0.05) is 17.1 Å². The van der Waals surface area contributed by atoms with Crippen molar-refractivity contribution in [3.8, 4) is 0 Å². The predicted octanol–water partition coefficient (Wildman–Crippen LogP) is 6.29. The van der Waals surface area contributed by atoms with Crippen molar-refractivity contribution in [1.29, 1.82) is 0 Å². The van der Waals surface area contributed by atoms with Crippen LogP contribution in [0, 0.1) is 0 Å². The van der Waals surface area contributed by atoms with Crippen LogP contribution in [0.1, 0.15) is 27.0 Å². The Morgan fingerprint density at radius 3 is 2.21 bits per heavy atom. The molecule has 0 saturated heterocycles. The number of rotatable bonds is 10. The van der Waals surface area contributed by atoms with E-state index in [1.165, 1.54) is 36.0 Å². The SMILES string of the molecule is O=C(N[C@@H](CSCc1ccccc1)C(=O)O)/C(=C\c1ccc(Cl)c(Cl)c1)NC(=O)c1ccc(C(F)(F)F)cc1. The summed E-state index contributed by atoms with van der Waals surface area (Å²) in [6, 6.07) is 15.8. The van der Waals surface area contributed by atoms with Gasteiger partial charge in [-0.1, -0.05) is 59.6 Å². The second kappa shape index (κ2) is 13.5. The standard InChI is InChI=1S/C27H21Cl2F3N2O4S/c28-20-11-6-17(12-21(20)29)13-22(33-24(35)18-7-9-19(10-8-18)27(30,31)32)25(36)34-23(26(37)38)15-39-14-16-4-2-1-3-5-16/h1-13,23H,14-15H2,(H,33,35)(H,34,36)(H,37,38)/b22-13+/t23-/m0/s1. The Morgan fingerprint density at radius 1 is 0.949 bits per heavy atom. The molecule has 2 amide bonds. The first kappa shape index (κ1) is 30.1. The summed E-state index contributed by atoms with van der Waals surface area (Å²) in [7, 11) is 0. The van der Waals surface area contributed by atoms with E-state index in [4.69, 9.17) is 23.2 Å². The van der Waals surface area contributed by atoms with Gasteiger partial charge in [-0.2, -0.15) is 24.9 Å². The van der Waals surface area contributed by atoms with E-state index in [9.17, 15) is 32.7 Å². The molecule has 0 aromatic heterocycles. The molecule has 0 aliphatic rings. The molecule has 0 fully saturated rings. The van der Waals surface area contributed by atoms with Gasteiger partial charge in [0.25, 0.3) is 11.8 Å². The maximum Gasteiger partial charge on any atom is 0.416 e. The van der Waals surface area contributed by atoms with E-state index in [1.54, 1.807) is 0 Å². The molecule has 0 heterocycles. The third kappa shape index (κ3) is 9.05. The second-order valence-electron chi connectivity index (χ2n) is 8.13. The fourth-order valence-corrected chi connectivity index (χ4v) is 4.53. The molecule has 0 spiro atoms. The Labute approximate surface area is 236 Å². The normalized spacial score (nSPS) is 12.5. The summed E-state index contributed by atoms with van der Waals surface area (Å²) in [6.07, 6.45) is -3.34. The molecule has 1 atom stereocenters. The van der Waals surface area contributed by atoms with Crippen LogP contribution in [0.3, 0.4) is 0 Å². The lowest BCUT2D eigenvalue weighted by Crippen LogP contribution is -2.45. The van der Waals surface area contributed by atoms with Gasteiger partial charge in [0.2, 0.25) is 0 Å². The molecule has 3 rings (SSSR count). The lowest BCUT2D eigenvalue weighted by molar-refractivity contribution is -0.140. The van der Waals surface area contributed by atoms with Crippen LogP contribution in [0.5, 0.6) is 0 Å². The molecule has 0 radical (unpaired) electrons. The van der Waals surface area contributed by atoms with E-state index in [2.05, 4.69) is 10.6 Å². The van der Waals surface area contributed by atoms with Gasteiger partial charge in [0.05, 0.1) is 15.6 Å². The van der Waals surface area contributed by atoms with Crippen LogP contribution < -0.4 is 10.6 Å². The number of hydrogen-bond donors (Lipinski definition) is 3. The smallest absolute Gasteiger partial charge is 0.416 e. The van der Waals surface area contributed by atoms with Gasteiger partial charge in [-0.3, -0.25) is 9.59 Å². The number of carboxylic acids is 1. The molecule has 6 nitrogen and oxygen atoms in total. The van der Waals surface area contributed by atoms with E-state index in [1.807, 2.05) is 30.3 Å². The largest absolute Gasteiger partial charge is 0.480 e. The fraction of sp³-hybridized carbons (Fsp3) is 0.148. The summed E-state index contributed by atoms with van der Waals surface area (Å²) in [4.78, 5) is 37.8. The van der Waals surface area contributed by atoms with Gasteiger partial charge in [-0.15, -0.1) is 0 Å². The van der Waals surface area contributed by atoms with E-state index in [-0.39, 0.29) is 27.1 Å². The quantitative estimate of drug-likeness (QED) is 0.239. The average Bonchev–Trinajstić information content (AvgIpc) is 2.89. The minimum Gasteiger partial charge on any atom is -0.480 e. The predicted molar refractivity (Wildman–Crippen MR) is 146 cm³/mol. The highest BCUT2D eigenvalue weighted by Crippen LogP contribution is 2.29. The Bertz CT molecular complexity index is 1370. The Balaban J connectivity index is 1.81. The van der Waals surface area contributed by atoms with Gasteiger partial charge in [-0.05, 0) is 53.6 Å². The number of carbonyl (C=O) groups excluding carboxylic acids is 2. The zero-order valence-electron chi connectivity index (χ0n) is 20.0. The number of hydrogen-bond acceptors (Lipinski definition) is 4. The number of halogens is 5. The molecule has 3 aromatic rings. The second-order valence-corrected chi connectivity index (χ2v) is 9.97. The molecule has 39 heavy (non-hydrogen) atoms. The topological polar surface area (TPSA) is 95.5 Å². The highest BCUT2D eigenvalue weighted by Gasteiger charge is 2.30. The van der Waals surface area contributed by atoms with E-state index in [0.717, 1.165) is 29.8 Å². The van der Waals surface area contributed by atoms with Crippen molar-refractivity contribution in [1.82, 2.24) is 10.6 Å². The fourth-order valence-electron chi connectivity index (χ4n) is 3.21. The van der Waals surface area contributed by atoms with Crippen LogP contribution in [0.15, 0.2) is 78.5 Å². The molecule has 12 heteroatoms. The van der Waals surface area contributed by atoms with Crippen LogP contribution in [0.2, 0.25) is 10.0 Å². The average molecular weight is 597 g/mol. The van der Waals surface area contributed by atoms with Gasteiger partial charge >= 0.3 is 12.1 Å². The van der Waals surface area contributed by atoms with Crippen LogP contribution in [0.25, 0.3) is 6.08 Å². The Morgan fingerprint density at radius 2 is 1.62 bits per heavy atom. The molecule has 204 valence electrons. The van der Waals surface area contributed by atoms with Crippen molar-refractivity contribution in [3.63, 3.8) is 0 Å². The number of benzene rings is 3. The molecular formula is C27H21Cl2F3N2O4S. The molecule has 0 unspecified atom stereocenters. The van der Waals surface area contributed by atoms with Crippen molar-refractivity contribution >= 4 is 58.8 Å². The summed E-state index contributed by atoms with van der Waals surface area (Å²) in [5.41, 5.74) is -0.114. The van der Waals surface area contributed by atoms with Crippen LogP contribution in [0.4, 0.5) is 13.2 Å². The van der Waals surface area contributed by atoms with Crippen molar-refractivity contribution < 1.29 is 32.7 Å². The summed E-state index contributed by atoms with van der Waals surface area (Å²) in [5, 5.41) is 14.8. The zero-order chi connectivity index (χ0) is 28.6. The number of alkyl halides is 3. The van der Waals surface area contributed by atoms with Crippen LogP contribution in [-0.2, 0) is 21.5 Å². The summed E-state index contributed by atoms with van der Waals surface area (Å²) >= 11 is 13.3. The third-order valence-electron chi connectivity index (χ3n) is 5.22. The minimum atomic E-state index is -4.59. The molecule has 0 saturated carbocycles. The molecule has 3 N–H and O–H groups in total. The van der Waals surface area contributed by atoms with E-state index < -0.39 is 35.6 Å². The van der Waals surface area contributed by atoms with E-state index >= 15 is 0 Å². The third-order valence-corrected chi connectivity index (χ3v) is 7.07. The van der Waals surface area contributed by atoms with E-state index in [0.29, 0.717) is 11.3 Å². The zero-order valence-corrected chi connectivity index (χ0v) is 22.3. The van der Waals surface area contributed by atoms with Gasteiger partial charge in [-0.25, -0.2) is 4.79 Å². The first-order chi connectivity index (χ1) is 18.4. The summed E-state index contributed by atoms with van der Waals surface area (Å²) in [5.74, 6) is -2.54. The van der Waals surface area contributed by atoms with Crippen molar-refractivity contribution in [2.45, 2.75) is 18.0 Å². The molecular weight excluding hydrogens is 576 g/mol. The maximum atomic E-state index is 13.1.